The minimum absolute atomic E-state index is 0.0305. The second kappa shape index (κ2) is 6.35. The normalized spacial score (nSPS) is 15.6. The lowest BCUT2D eigenvalue weighted by molar-refractivity contribution is 0.423. The van der Waals surface area contributed by atoms with Crippen LogP contribution in [0.3, 0.4) is 0 Å². The van der Waals surface area contributed by atoms with Crippen molar-refractivity contribution in [2.75, 3.05) is 11.4 Å². The molecule has 1 N–H and O–H groups in total. The van der Waals surface area contributed by atoms with Crippen LogP contribution in [0.4, 0.5) is 10.1 Å². The molecule has 118 valence electrons. The first-order valence-corrected chi connectivity index (χ1v) is 8.07. The Hall–Kier alpha value is -1.09. The minimum Gasteiger partial charge on any atom is -0.366 e. The number of rotatable bonds is 6. The molecule has 0 unspecified atom stereocenters. The molecule has 3 heteroatoms. The molecule has 0 radical (unpaired) electrons. The van der Waals surface area contributed by atoms with Crippen LogP contribution in [0.1, 0.15) is 53.0 Å². The van der Waals surface area contributed by atoms with Gasteiger partial charge in [0.05, 0.1) is 5.69 Å². The van der Waals surface area contributed by atoms with Crippen LogP contribution in [0, 0.1) is 11.7 Å². The first-order valence-electron chi connectivity index (χ1n) is 8.07. The number of halogens is 1. The predicted molar refractivity (Wildman–Crippen MR) is 88.2 cm³/mol. The molecule has 0 saturated heterocycles. The zero-order chi connectivity index (χ0) is 15.6. The van der Waals surface area contributed by atoms with E-state index in [0.29, 0.717) is 12.6 Å². The van der Waals surface area contributed by atoms with Gasteiger partial charge in [-0.05, 0) is 65.0 Å². The molecule has 1 fully saturated rings. The van der Waals surface area contributed by atoms with Crippen LogP contribution in [0.5, 0.6) is 0 Å². The molecule has 0 spiro atoms. The van der Waals surface area contributed by atoms with E-state index in [1.165, 1.54) is 12.8 Å². The van der Waals surface area contributed by atoms with E-state index in [2.05, 4.69) is 44.8 Å². The highest BCUT2D eigenvalue weighted by molar-refractivity contribution is 5.55. The van der Waals surface area contributed by atoms with Crippen molar-refractivity contribution in [1.82, 2.24) is 5.32 Å². The summed E-state index contributed by atoms with van der Waals surface area (Å²) in [6, 6.07) is 5.75. The fourth-order valence-electron chi connectivity index (χ4n) is 2.52. The van der Waals surface area contributed by atoms with Gasteiger partial charge >= 0.3 is 0 Å². The van der Waals surface area contributed by atoms with Crippen molar-refractivity contribution in [2.24, 2.45) is 5.92 Å². The molecule has 21 heavy (non-hydrogen) atoms. The Balaban J connectivity index is 2.26. The lowest BCUT2D eigenvalue weighted by atomic mass is 10.1. The van der Waals surface area contributed by atoms with Gasteiger partial charge in [0.1, 0.15) is 5.82 Å². The molecule has 0 bridgehead atoms. The van der Waals surface area contributed by atoms with Crippen molar-refractivity contribution in [3.8, 4) is 0 Å². The molecule has 0 aliphatic heterocycles. The Morgan fingerprint density at radius 1 is 1.29 bits per heavy atom. The first-order chi connectivity index (χ1) is 9.78. The fraction of sp³-hybridized carbons (Fsp3) is 0.667. The zero-order valence-corrected chi connectivity index (χ0v) is 14.0. The molecule has 2 nitrogen and oxygen atoms in total. The van der Waals surface area contributed by atoms with Crippen molar-refractivity contribution >= 4 is 5.69 Å². The molecule has 1 aromatic carbocycles. The molecule has 1 aliphatic rings. The Labute approximate surface area is 128 Å². The predicted octanol–water partition coefficient (Wildman–Crippen LogP) is 4.34. The molecule has 0 heterocycles. The highest BCUT2D eigenvalue weighted by Gasteiger charge is 2.28. The number of benzene rings is 1. The average molecular weight is 292 g/mol. The van der Waals surface area contributed by atoms with E-state index in [1.54, 1.807) is 6.07 Å². The molecule has 2 rings (SSSR count). The van der Waals surface area contributed by atoms with E-state index in [1.807, 2.05) is 12.1 Å². The van der Waals surface area contributed by atoms with Crippen LogP contribution < -0.4 is 10.2 Å². The lowest BCUT2D eigenvalue weighted by Crippen LogP contribution is -2.37. The van der Waals surface area contributed by atoms with Crippen LogP contribution in [0.15, 0.2) is 18.2 Å². The van der Waals surface area contributed by atoms with E-state index in [-0.39, 0.29) is 11.4 Å². The second-order valence-corrected chi connectivity index (χ2v) is 7.54. The Bertz CT molecular complexity index is 473. The highest BCUT2D eigenvalue weighted by atomic mass is 19.1. The van der Waals surface area contributed by atoms with Gasteiger partial charge in [-0.1, -0.05) is 12.1 Å². The summed E-state index contributed by atoms with van der Waals surface area (Å²) >= 11 is 0. The number of hydrogen-bond donors (Lipinski definition) is 1. The number of hydrogen-bond acceptors (Lipinski definition) is 2. The Morgan fingerprint density at radius 2 is 1.95 bits per heavy atom. The monoisotopic (exact) mass is 292 g/mol. The van der Waals surface area contributed by atoms with Crippen molar-refractivity contribution in [3.05, 3.63) is 29.6 Å². The zero-order valence-electron chi connectivity index (χ0n) is 14.0. The Kier molecular flexibility index (Phi) is 4.92. The average Bonchev–Trinajstić information content (AvgIpc) is 3.17. The molecule has 0 atom stereocenters. The Morgan fingerprint density at radius 3 is 2.48 bits per heavy atom. The van der Waals surface area contributed by atoms with E-state index >= 15 is 0 Å². The van der Waals surface area contributed by atoms with Crippen LogP contribution in [-0.2, 0) is 6.54 Å². The van der Waals surface area contributed by atoms with Gasteiger partial charge in [-0.15, -0.1) is 0 Å². The molecule has 1 aromatic rings. The summed E-state index contributed by atoms with van der Waals surface area (Å²) < 4.78 is 14.5. The third kappa shape index (κ3) is 4.70. The van der Waals surface area contributed by atoms with E-state index in [0.717, 1.165) is 23.7 Å². The molecule has 0 aromatic heterocycles. The van der Waals surface area contributed by atoms with Gasteiger partial charge < -0.3 is 10.2 Å². The van der Waals surface area contributed by atoms with Crippen LogP contribution in [0.2, 0.25) is 0 Å². The number of para-hydroxylation sites is 1. The minimum atomic E-state index is -0.0995. The SMILES string of the molecule is CC(C)N(CC1CC1)c1c(F)cccc1CNC(C)(C)C. The fourth-order valence-corrected chi connectivity index (χ4v) is 2.52. The van der Waals surface area contributed by atoms with Crippen LogP contribution in [0.25, 0.3) is 0 Å². The van der Waals surface area contributed by atoms with Crippen LogP contribution >= 0.6 is 0 Å². The summed E-state index contributed by atoms with van der Waals surface area (Å²) in [6.45, 7) is 12.4. The smallest absolute Gasteiger partial charge is 0.146 e. The number of anilines is 1. The lowest BCUT2D eigenvalue weighted by Gasteiger charge is -2.32. The van der Waals surface area contributed by atoms with E-state index < -0.39 is 0 Å². The molecular weight excluding hydrogens is 263 g/mol. The number of nitrogens with one attached hydrogen (secondary N) is 1. The van der Waals surface area contributed by atoms with Crippen molar-refractivity contribution in [2.45, 2.75) is 65.6 Å². The van der Waals surface area contributed by atoms with Gasteiger partial charge in [-0.25, -0.2) is 4.39 Å². The second-order valence-electron chi connectivity index (χ2n) is 7.54. The largest absolute Gasteiger partial charge is 0.366 e. The summed E-state index contributed by atoms with van der Waals surface area (Å²) in [5.41, 5.74) is 1.87. The van der Waals surface area contributed by atoms with Crippen molar-refractivity contribution in [1.29, 1.82) is 0 Å². The van der Waals surface area contributed by atoms with Gasteiger partial charge in [0.25, 0.3) is 0 Å². The third-order valence-electron chi connectivity index (χ3n) is 3.94. The van der Waals surface area contributed by atoms with Gasteiger partial charge in [-0.2, -0.15) is 0 Å². The van der Waals surface area contributed by atoms with Gasteiger partial charge in [0.2, 0.25) is 0 Å². The standard InChI is InChI=1S/C18H29FN2/c1-13(2)21(12-14-9-10-14)17-15(7-6-8-16(17)19)11-20-18(3,4)5/h6-8,13-14,20H,9-12H2,1-5H3. The van der Waals surface area contributed by atoms with E-state index in [4.69, 9.17) is 0 Å². The highest BCUT2D eigenvalue weighted by Crippen LogP contribution is 2.34. The summed E-state index contributed by atoms with van der Waals surface area (Å²) in [7, 11) is 0. The molecule has 0 amide bonds. The summed E-state index contributed by atoms with van der Waals surface area (Å²) in [5, 5.41) is 3.48. The summed E-state index contributed by atoms with van der Waals surface area (Å²) in [5.74, 6) is 0.646. The number of nitrogens with zero attached hydrogens (tertiary/aromatic N) is 1. The molecule has 1 saturated carbocycles. The topological polar surface area (TPSA) is 15.3 Å². The maximum absolute atomic E-state index is 14.5. The molecular formula is C18H29FN2. The van der Waals surface area contributed by atoms with E-state index in [9.17, 15) is 4.39 Å². The van der Waals surface area contributed by atoms with Gasteiger partial charge in [0.15, 0.2) is 0 Å². The van der Waals surface area contributed by atoms with Gasteiger partial charge in [-0.3, -0.25) is 0 Å². The van der Waals surface area contributed by atoms with Crippen LogP contribution in [-0.4, -0.2) is 18.1 Å². The van der Waals surface area contributed by atoms with Crippen molar-refractivity contribution < 1.29 is 4.39 Å². The first kappa shape index (κ1) is 16.3. The summed E-state index contributed by atoms with van der Waals surface area (Å²) in [6.07, 6.45) is 2.57. The molecule has 1 aliphatic carbocycles. The summed E-state index contributed by atoms with van der Waals surface area (Å²) in [4.78, 5) is 2.24. The maximum atomic E-state index is 14.5. The maximum Gasteiger partial charge on any atom is 0.146 e. The van der Waals surface area contributed by atoms with Gasteiger partial charge in [0, 0.05) is 24.7 Å². The van der Waals surface area contributed by atoms with Crippen molar-refractivity contribution in [3.63, 3.8) is 0 Å². The quantitative estimate of drug-likeness (QED) is 0.839. The third-order valence-corrected chi connectivity index (χ3v) is 3.94.